The molecule has 0 fully saturated rings. The van der Waals surface area contributed by atoms with Gasteiger partial charge in [0, 0.05) is 19.2 Å². The van der Waals surface area contributed by atoms with Crippen LogP contribution in [0.3, 0.4) is 0 Å². The molecule has 0 radical (unpaired) electrons. The monoisotopic (exact) mass is 459 g/mol. The van der Waals surface area contributed by atoms with Gasteiger partial charge in [0.25, 0.3) is 0 Å². The Kier molecular flexibility index (Phi) is 7.12. The number of hydrogen-bond acceptors (Lipinski definition) is 5. The number of nitrogens with zero attached hydrogens (tertiary/aromatic N) is 1. The summed E-state index contributed by atoms with van der Waals surface area (Å²) in [5.74, 6) is -0.624. The molecule has 32 heavy (non-hydrogen) atoms. The second-order valence-corrected chi connectivity index (χ2v) is 9.00. The molecule has 3 aromatic rings. The first-order valence-corrected chi connectivity index (χ1v) is 11.0. The molecular weight excluding hydrogens is 437 g/mol. The molecule has 0 aliphatic rings. The van der Waals surface area contributed by atoms with Crippen molar-refractivity contribution in [1.82, 2.24) is 4.31 Å². The van der Waals surface area contributed by atoms with E-state index in [1.807, 2.05) is 0 Å². The fourth-order valence-corrected chi connectivity index (χ4v) is 4.22. The highest BCUT2D eigenvalue weighted by molar-refractivity contribution is 7.89. The van der Waals surface area contributed by atoms with Crippen LogP contribution in [0.2, 0.25) is 0 Å². The summed E-state index contributed by atoms with van der Waals surface area (Å²) in [6, 6.07) is 16.7. The van der Waals surface area contributed by atoms with Crippen LogP contribution in [0, 0.1) is 5.82 Å². The molecule has 3 rings (SSSR count). The molecule has 0 aliphatic carbocycles. The smallest absolute Gasteiger partial charge is 0.341 e. The van der Waals surface area contributed by atoms with Crippen LogP contribution in [-0.4, -0.2) is 44.6 Å². The maximum absolute atomic E-state index is 13.2. The van der Waals surface area contributed by atoms with Crippen LogP contribution in [0.25, 0.3) is 11.1 Å². The zero-order valence-corrected chi connectivity index (χ0v) is 18.3. The Bertz CT molecular complexity index is 1190. The minimum Gasteiger partial charge on any atom is -0.497 e. The number of carbonyl (C=O) groups is 1. The molecule has 0 aromatic heterocycles. The Labute approximate surface area is 185 Å². The summed E-state index contributed by atoms with van der Waals surface area (Å²) in [5, 5.41) is 8.95. The van der Waals surface area contributed by atoms with Crippen LogP contribution < -0.4 is 9.47 Å². The van der Waals surface area contributed by atoms with Crippen molar-refractivity contribution in [2.45, 2.75) is 11.4 Å². The van der Waals surface area contributed by atoms with Crippen LogP contribution in [0.1, 0.15) is 5.56 Å². The summed E-state index contributed by atoms with van der Waals surface area (Å²) in [6.07, 6.45) is 0. The van der Waals surface area contributed by atoms with Gasteiger partial charge in [-0.25, -0.2) is 17.6 Å². The zero-order chi connectivity index (χ0) is 23.3. The highest BCUT2D eigenvalue weighted by Gasteiger charge is 2.21. The molecule has 0 saturated heterocycles. The highest BCUT2D eigenvalue weighted by atomic mass is 32.2. The third kappa shape index (κ3) is 5.43. The maximum Gasteiger partial charge on any atom is 0.341 e. The Morgan fingerprint density at radius 2 is 1.69 bits per heavy atom. The lowest BCUT2D eigenvalue weighted by atomic mass is 10.0. The van der Waals surface area contributed by atoms with Gasteiger partial charge >= 0.3 is 5.97 Å². The number of sulfonamides is 1. The molecule has 0 unspecified atom stereocenters. The third-order valence-electron chi connectivity index (χ3n) is 4.72. The minimum absolute atomic E-state index is 0.0156. The van der Waals surface area contributed by atoms with Gasteiger partial charge < -0.3 is 14.6 Å². The number of aliphatic carboxylic acids is 1. The summed E-state index contributed by atoms with van der Waals surface area (Å²) in [7, 11) is -0.850. The van der Waals surface area contributed by atoms with Gasteiger partial charge in [-0.15, -0.1) is 0 Å². The van der Waals surface area contributed by atoms with E-state index in [2.05, 4.69) is 0 Å². The molecule has 7 nitrogen and oxygen atoms in total. The van der Waals surface area contributed by atoms with E-state index in [0.29, 0.717) is 22.6 Å². The number of carboxylic acids is 1. The predicted octanol–water partition coefficient (Wildman–Crippen LogP) is 3.79. The van der Waals surface area contributed by atoms with Crippen molar-refractivity contribution in [3.63, 3.8) is 0 Å². The fraction of sp³-hybridized carbons (Fsp3) is 0.174. The molecule has 0 aliphatic heterocycles. The van der Waals surface area contributed by atoms with Crippen LogP contribution in [0.5, 0.6) is 11.5 Å². The first-order valence-electron chi connectivity index (χ1n) is 9.54. The second-order valence-electron chi connectivity index (χ2n) is 6.96. The average molecular weight is 459 g/mol. The van der Waals surface area contributed by atoms with Crippen molar-refractivity contribution in [2.24, 2.45) is 0 Å². The summed E-state index contributed by atoms with van der Waals surface area (Å²) < 4.78 is 50.5. The van der Waals surface area contributed by atoms with Crippen molar-refractivity contribution in [2.75, 3.05) is 20.8 Å². The van der Waals surface area contributed by atoms with Crippen LogP contribution >= 0.6 is 0 Å². The number of halogens is 1. The summed E-state index contributed by atoms with van der Waals surface area (Å²) >= 11 is 0. The Balaban J connectivity index is 1.92. The lowest BCUT2D eigenvalue weighted by molar-refractivity contribution is -0.139. The molecule has 168 valence electrons. The van der Waals surface area contributed by atoms with Crippen LogP contribution in [0.15, 0.2) is 71.6 Å². The molecule has 0 bridgehead atoms. The third-order valence-corrected chi connectivity index (χ3v) is 6.54. The van der Waals surface area contributed by atoms with E-state index >= 15 is 0 Å². The van der Waals surface area contributed by atoms with Crippen molar-refractivity contribution in [3.8, 4) is 22.6 Å². The number of methoxy groups -OCH3 is 1. The Hall–Kier alpha value is -3.43. The number of rotatable bonds is 9. The highest BCUT2D eigenvalue weighted by Crippen LogP contribution is 2.33. The molecular formula is C23H22FNO6S. The number of benzene rings is 3. The summed E-state index contributed by atoms with van der Waals surface area (Å²) in [6.45, 7) is -0.469. The molecule has 0 amide bonds. The predicted molar refractivity (Wildman–Crippen MR) is 117 cm³/mol. The number of hydrogen-bond donors (Lipinski definition) is 1. The van der Waals surface area contributed by atoms with E-state index in [1.165, 1.54) is 19.2 Å². The minimum atomic E-state index is -3.83. The first-order chi connectivity index (χ1) is 15.2. The quantitative estimate of drug-likeness (QED) is 0.523. The van der Waals surface area contributed by atoms with Crippen LogP contribution in [0.4, 0.5) is 4.39 Å². The Morgan fingerprint density at radius 1 is 1.03 bits per heavy atom. The van der Waals surface area contributed by atoms with Crippen molar-refractivity contribution in [3.05, 3.63) is 78.1 Å². The van der Waals surface area contributed by atoms with E-state index in [0.717, 1.165) is 22.0 Å². The fourth-order valence-electron chi connectivity index (χ4n) is 3.07. The van der Waals surface area contributed by atoms with Crippen molar-refractivity contribution in [1.29, 1.82) is 0 Å². The molecule has 0 saturated carbocycles. The number of ether oxygens (including phenoxy) is 2. The van der Waals surface area contributed by atoms with E-state index in [1.54, 1.807) is 49.6 Å². The summed E-state index contributed by atoms with van der Waals surface area (Å²) in [4.78, 5) is 10.9. The molecule has 0 atom stereocenters. The topological polar surface area (TPSA) is 93.1 Å². The largest absolute Gasteiger partial charge is 0.497 e. The van der Waals surface area contributed by atoms with E-state index in [4.69, 9.17) is 14.6 Å². The lowest BCUT2D eigenvalue weighted by Gasteiger charge is -2.19. The van der Waals surface area contributed by atoms with Crippen molar-refractivity contribution < 1.29 is 32.2 Å². The van der Waals surface area contributed by atoms with E-state index < -0.39 is 28.4 Å². The molecule has 0 spiro atoms. The molecule has 0 heterocycles. The van der Waals surface area contributed by atoms with Gasteiger partial charge in [0.2, 0.25) is 10.0 Å². The standard InChI is InChI=1S/C23H22FNO6S/c1-25(32(28,29)20-10-6-18(24)7-11-20)14-16-3-12-22(31-15-23(26)27)21(13-16)17-4-8-19(30-2)9-5-17/h3-13H,14-15H2,1-2H3,(H,26,27). The first kappa shape index (κ1) is 23.2. The van der Waals surface area contributed by atoms with Gasteiger partial charge in [-0.2, -0.15) is 4.31 Å². The average Bonchev–Trinajstić information content (AvgIpc) is 2.78. The Morgan fingerprint density at radius 3 is 2.28 bits per heavy atom. The molecule has 3 aromatic carbocycles. The van der Waals surface area contributed by atoms with Gasteiger partial charge in [-0.1, -0.05) is 18.2 Å². The van der Waals surface area contributed by atoms with E-state index in [-0.39, 0.29) is 11.4 Å². The normalized spacial score (nSPS) is 11.4. The van der Waals surface area contributed by atoms with Gasteiger partial charge in [0.1, 0.15) is 17.3 Å². The van der Waals surface area contributed by atoms with Gasteiger partial charge in [0.15, 0.2) is 6.61 Å². The van der Waals surface area contributed by atoms with Gasteiger partial charge in [-0.05, 0) is 59.7 Å². The second kappa shape index (κ2) is 9.80. The number of carboxylic acid groups (broad SMARTS) is 1. The molecule has 9 heteroatoms. The summed E-state index contributed by atoms with van der Waals surface area (Å²) in [5.41, 5.74) is 2.02. The SMILES string of the molecule is COc1ccc(-c2cc(CN(C)S(=O)(=O)c3ccc(F)cc3)ccc2OCC(=O)O)cc1. The van der Waals surface area contributed by atoms with Crippen molar-refractivity contribution >= 4 is 16.0 Å². The zero-order valence-electron chi connectivity index (χ0n) is 17.5. The van der Waals surface area contributed by atoms with Gasteiger partial charge in [0.05, 0.1) is 12.0 Å². The molecule has 1 N–H and O–H groups in total. The van der Waals surface area contributed by atoms with Gasteiger partial charge in [-0.3, -0.25) is 0 Å². The van der Waals surface area contributed by atoms with Crippen LogP contribution in [-0.2, 0) is 21.4 Å². The van der Waals surface area contributed by atoms with E-state index in [9.17, 15) is 17.6 Å². The lowest BCUT2D eigenvalue weighted by Crippen LogP contribution is -2.26. The maximum atomic E-state index is 13.2.